The minimum absolute atomic E-state index is 0.334. The number of aliphatic hydroxyl groups excluding tert-OH is 1. The lowest BCUT2D eigenvalue weighted by Crippen LogP contribution is -2.21. The van der Waals surface area contributed by atoms with E-state index in [0.29, 0.717) is 6.61 Å². The fraction of sp³-hybridized carbons (Fsp3) is 1.00. The van der Waals surface area contributed by atoms with Crippen molar-refractivity contribution in [1.82, 2.24) is 4.90 Å². The SMILES string of the molecule is OCCCN1CCSC1. The van der Waals surface area contributed by atoms with E-state index in [0.717, 1.165) is 13.0 Å². The van der Waals surface area contributed by atoms with Gasteiger partial charge in [-0.05, 0) is 6.42 Å². The molecule has 54 valence electrons. The van der Waals surface area contributed by atoms with Crippen LogP contribution in [0.1, 0.15) is 6.42 Å². The monoisotopic (exact) mass is 147 g/mol. The van der Waals surface area contributed by atoms with Gasteiger partial charge in [-0.15, -0.1) is 11.8 Å². The van der Waals surface area contributed by atoms with Crippen molar-refractivity contribution in [3.63, 3.8) is 0 Å². The minimum Gasteiger partial charge on any atom is -0.396 e. The van der Waals surface area contributed by atoms with Crippen molar-refractivity contribution in [1.29, 1.82) is 0 Å². The van der Waals surface area contributed by atoms with Crippen molar-refractivity contribution in [2.45, 2.75) is 6.42 Å². The smallest absolute Gasteiger partial charge is 0.0445 e. The van der Waals surface area contributed by atoms with E-state index in [9.17, 15) is 0 Å². The van der Waals surface area contributed by atoms with Crippen molar-refractivity contribution in [2.24, 2.45) is 0 Å². The third kappa shape index (κ3) is 2.56. The van der Waals surface area contributed by atoms with Gasteiger partial charge >= 0.3 is 0 Å². The van der Waals surface area contributed by atoms with Crippen molar-refractivity contribution in [3.8, 4) is 0 Å². The molecule has 0 radical (unpaired) electrons. The van der Waals surface area contributed by atoms with Gasteiger partial charge in [-0.3, -0.25) is 4.90 Å². The Bertz CT molecular complexity index is 73.5. The number of nitrogens with zero attached hydrogens (tertiary/aromatic N) is 1. The Morgan fingerprint density at radius 3 is 3.00 bits per heavy atom. The van der Waals surface area contributed by atoms with Crippen LogP contribution in [-0.2, 0) is 0 Å². The average molecular weight is 147 g/mol. The fourth-order valence-corrected chi connectivity index (χ4v) is 1.96. The molecule has 0 atom stereocenters. The average Bonchev–Trinajstić information content (AvgIpc) is 2.34. The summed E-state index contributed by atoms with van der Waals surface area (Å²) in [6.07, 6.45) is 0.931. The van der Waals surface area contributed by atoms with E-state index in [4.69, 9.17) is 5.11 Å². The zero-order valence-electron chi connectivity index (χ0n) is 5.55. The van der Waals surface area contributed by atoms with Crippen molar-refractivity contribution in [2.75, 3.05) is 31.3 Å². The summed E-state index contributed by atoms with van der Waals surface area (Å²) in [6, 6.07) is 0. The molecule has 0 aromatic carbocycles. The summed E-state index contributed by atoms with van der Waals surface area (Å²) in [5.41, 5.74) is 0. The molecule has 1 heterocycles. The highest BCUT2D eigenvalue weighted by Gasteiger charge is 2.09. The highest BCUT2D eigenvalue weighted by Crippen LogP contribution is 2.12. The van der Waals surface area contributed by atoms with Gasteiger partial charge in [-0.1, -0.05) is 0 Å². The third-order valence-corrected chi connectivity index (χ3v) is 2.48. The largest absolute Gasteiger partial charge is 0.396 e. The van der Waals surface area contributed by atoms with Crippen LogP contribution in [0.3, 0.4) is 0 Å². The van der Waals surface area contributed by atoms with Gasteiger partial charge in [0.2, 0.25) is 0 Å². The predicted octanol–water partition coefficient (Wildman–Crippen LogP) is 0.375. The lowest BCUT2D eigenvalue weighted by molar-refractivity contribution is 0.252. The zero-order valence-corrected chi connectivity index (χ0v) is 6.36. The molecule has 1 aliphatic heterocycles. The van der Waals surface area contributed by atoms with E-state index in [2.05, 4.69) is 4.90 Å². The van der Waals surface area contributed by atoms with Crippen LogP contribution >= 0.6 is 11.8 Å². The van der Waals surface area contributed by atoms with Gasteiger partial charge in [0.15, 0.2) is 0 Å². The molecule has 0 aliphatic carbocycles. The lowest BCUT2D eigenvalue weighted by atomic mass is 10.4. The predicted molar refractivity (Wildman–Crippen MR) is 40.6 cm³/mol. The highest BCUT2D eigenvalue weighted by atomic mass is 32.2. The van der Waals surface area contributed by atoms with Crippen LogP contribution in [0, 0.1) is 0 Å². The third-order valence-electron chi connectivity index (χ3n) is 1.46. The second-order valence-electron chi connectivity index (χ2n) is 2.23. The molecular formula is C6H13NOS. The number of hydrogen-bond acceptors (Lipinski definition) is 3. The van der Waals surface area contributed by atoms with E-state index < -0.39 is 0 Å². The molecule has 0 aromatic rings. The van der Waals surface area contributed by atoms with Crippen LogP contribution in [0.15, 0.2) is 0 Å². The quantitative estimate of drug-likeness (QED) is 0.624. The molecule has 2 nitrogen and oxygen atoms in total. The molecule has 0 unspecified atom stereocenters. The Hall–Kier alpha value is 0.270. The number of hydrogen-bond donors (Lipinski definition) is 1. The summed E-state index contributed by atoms with van der Waals surface area (Å²) < 4.78 is 0. The Kier molecular flexibility index (Phi) is 3.40. The van der Waals surface area contributed by atoms with Crippen LogP contribution < -0.4 is 0 Å². The summed E-state index contributed by atoms with van der Waals surface area (Å²) in [7, 11) is 0. The first-order valence-corrected chi connectivity index (χ1v) is 4.50. The van der Waals surface area contributed by atoms with Gasteiger partial charge in [0, 0.05) is 31.3 Å². The van der Waals surface area contributed by atoms with Crippen molar-refractivity contribution in [3.05, 3.63) is 0 Å². The van der Waals surface area contributed by atoms with E-state index in [1.807, 2.05) is 11.8 Å². The Morgan fingerprint density at radius 1 is 1.56 bits per heavy atom. The molecule has 9 heavy (non-hydrogen) atoms. The van der Waals surface area contributed by atoms with E-state index >= 15 is 0 Å². The second kappa shape index (κ2) is 4.14. The molecule has 0 amide bonds. The number of aliphatic hydroxyl groups is 1. The molecule has 0 spiro atoms. The molecule has 0 aromatic heterocycles. The van der Waals surface area contributed by atoms with E-state index in [-0.39, 0.29) is 0 Å². The van der Waals surface area contributed by atoms with Gasteiger partial charge in [-0.2, -0.15) is 0 Å². The van der Waals surface area contributed by atoms with Crippen LogP contribution in [0.5, 0.6) is 0 Å². The molecule has 0 bridgehead atoms. The second-order valence-corrected chi connectivity index (χ2v) is 3.31. The Labute approximate surface area is 60.2 Å². The van der Waals surface area contributed by atoms with Crippen molar-refractivity contribution >= 4 is 11.8 Å². The first-order chi connectivity index (χ1) is 4.43. The maximum absolute atomic E-state index is 8.49. The summed E-state index contributed by atoms with van der Waals surface area (Å²) >= 11 is 1.98. The van der Waals surface area contributed by atoms with Crippen LogP contribution in [0.25, 0.3) is 0 Å². The standard InChI is InChI=1S/C6H13NOS/c8-4-1-2-7-3-5-9-6-7/h8H,1-6H2. The zero-order chi connectivity index (χ0) is 6.53. The minimum atomic E-state index is 0.334. The van der Waals surface area contributed by atoms with Gasteiger partial charge < -0.3 is 5.11 Å². The molecule has 3 heteroatoms. The highest BCUT2D eigenvalue weighted by molar-refractivity contribution is 7.99. The van der Waals surface area contributed by atoms with Gasteiger partial charge in [0.25, 0.3) is 0 Å². The molecule has 1 fully saturated rings. The maximum Gasteiger partial charge on any atom is 0.0445 e. The van der Waals surface area contributed by atoms with Gasteiger partial charge in [-0.25, -0.2) is 0 Å². The number of rotatable bonds is 3. The normalized spacial score (nSPS) is 21.0. The van der Waals surface area contributed by atoms with Crippen LogP contribution in [-0.4, -0.2) is 41.3 Å². The molecule has 0 saturated carbocycles. The first kappa shape index (κ1) is 7.38. The Balaban J connectivity index is 1.98. The molecule has 1 rings (SSSR count). The molecule has 1 saturated heterocycles. The first-order valence-electron chi connectivity index (χ1n) is 3.34. The van der Waals surface area contributed by atoms with Crippen LogP contribution in [0.4, 0.5) is 0 Å². The summed E-state index contributed by atoms with van der Waals surface area (Å²) in [4.78, 5) is 2.38. The number of thioether (sulfide) groups is 1. The molecule has 1 aliphatic rings. The summed E-state index contributed by atoms with van der Waals surface area (Å²) in [5, 5.41) is 8.49. The fourth-order valence-electron chi connectivity index (χ4n) is 0.923. The van der Waals surface area contributed by atoms with E-state index in [1.54, 1.807) is 0 Å². The molecule has 1 N–H and O–H groups in total. The molecular weight excluding hydrogens is 134 g/mol. The van der Waals surface area contributed by atoms with Crippen LogP contribution in [0.2, 0.25) is 0 Å². The Morgan fingerprint density at radius 2 is 2.44 bits per heavy atom. The summed E-state index contributed by atoms with van der Waals surface area (Å²) in [6.45, 7) is 2.62. The van der Waals surface area contributed by atoms with E-state index in [1.165, 1.54) is 18.2 Å². The van der Waals surface area contributed by atoms with Gasteiger partial charge in [0.05, 0.1) is 0 Å². The van der Waals surface area contributed by atoms with Crippen molar-refractivity contribution < 1.29 is 5.11 Å². The maximum atomic E-state index is 8.49. The van der Waals surface area contributed by atoms with Gasteiger partial charge in [0.1, 0.15) is 0 Å². The summed E-state index contributed by atoms with van der Waals surface area (Å²) in [5.74, 6) is 2.44. The topological polar surface area (TPSA) is 23.5 Å². The lowest BCUT2D eigenvalue weighted by Gasteiger charge is -2.11.